The number of hydrogen-bond acceptors (Lipinski definition) is 5. The van der Waals surface area contributed by atoms with Gasteiger partial charge in [-0.15, -0.1) is 0 Å². The molecule has 0 aliphatic carbocycles. The zero-order chi connectivity index (χ0) is 11.4. The van der Waals surface area contributed by atoms with Crippen molar-refractivity contribution in [3.8, 4) is 0 Å². The van der Waals surface area contributed by atoms with Gasteiger partial charge in [-0.3, -0.25) is 9.97 Å². The molecule has 0 spiro atoms. The molecule has 2 rings (SSSR count). The smallest absolute Gasteiger partial charge is 0.326 e. The third kappa shape index (κ3) is 1.92. The van der Waals surface area contributed by atoms with Crippen LogP contribution in [0.25, 0.3) is 0 Å². The van der Waals surface area contributed by atoms with Crippen molar-refractivity contribution in [1.29, 1.82) is 0 Å². The minimum absolute atomic E-state index is 0.301. The van der Waals surface area contributed by atoms with Crippen LogP contribution < -0.4 is 10.6 Å². The van der Waals surface area contributed by atoms with Crippen LogP contribution in [0.5, 0.6) is 0 Å². The Morgan fingerprint density at radius 3 is 1.81 bits per heavy atom. The van der Waals surface area contributed by atoms with Crippen molar-refractivity contribution in [2.45, 2.75) is 0 Å². The number of urea groups is 1. The number of aromatic nitrogens is 4. The van der Waals surface area contributed by atoms with E-state index in [1.807, 2.05) is 0 Å². The highest BCUT2D eigenvalue weighted by molar-refractivity contribution is 5.95. The number of hydrogen-bond donors (Lipinski definition) is 1. The molecule has 7 nitrogen and oxygen atoms in total. The van der Waals surface area contributed by atoms with Gasteiger partial charge in [-0.25, -0.2) is 19.7 Å². The van der Waals surface area contributed by atoms with Crippen LogP contribution in [0.1, 0.15) is 0 Å². The zero-order valence-electron chi connectivity index (χ0n) is 8.19. The lowest BCUT2D eigenvalue weighted by Crippen LogP contribution is -2.32. The van der Waals surface area contributed by atoms with Gasteiger partial charge in [0.15, 0.2) is 11.6 Å². The van der Waals surface area contributed by atoms with Crippen molar-refractivity contribution in [3.05, 3.63) is 37.2 Å². The van der Waals surface area contributed by atoms with Crippen molar-refractivity contribution in [3.63, 3.8) is 0 Å². The van der Waals surface area contributed by atoms with Gasteiger partial charge in [-0.2, -0.15) is 0 Å². The summed E-state index contributed by atoms with van der Waals surface area (Å²) in [5, 5.41) is 0. The van der Waals surface area contributed by atoms with Gasteiger partial charge in [0.2, 0.25) is 0 Å². The average molecular weight is 216 g/mol. The second-order valence-electron chi connectivity index (χ2n) is 2.80. The molecule has 2 heterocycles. The predicted octanol–water partition coefficient (Wildman–Crippen LogP) is 0.483. The minimum atomic E-state index is -0.694. The Morgan fingerprint density at radius 1 is 1.00 bits per heavy atom. The van der Waals surface area contributed by atoms with E-state index in [0.29, 0.717) is 11.6 Å². The second-order valence-corrected chi connectivity index (χ2v) is 2.80. The molecule has 0 bridgehead atoms. The minimum Gasteiger partial charge on any atom is -0.351 e. The van der Waals surface area contributed by atoms with Crippen LogP contribution in [-0.4, -0.2) is 26.0 Å². The molecule has 7 heteroatoms. The average Bonchev–Trinajstić information content (AvgIpc) is 2.31. The van der Waals surface area contributed by atoms with Crippen LogP contribution in [-0.2, 0) is 0 Å². The molecule has 0 aliphatic rings. The molecule has 16 heavy (non-hydrogen) atoms. The molecule has 0 atom stereocenters. The third-order valence-electron chi connectivity index (χ3n) is 1.78. The molecule has 2 N–H and O–H groups in total. The molecule has 0 saturated heterocycles. The van der Waals surface area contributed by atoms with E-state index in [9.17, 15) is 4.79 Å². The summed E-state index contributed by atoms with van der Waals surface area (Å²) in [5.74, 6) is 0.603. The first kappa shape index (κ1) is 9.97. The summed E-state index contributed by atoms with van der Waals surface area (Å²) in [6.45, 7) is 0. The molecule has 2 aromatic rings. The second kappa shape index (κ2) is 4.30. The molecule has 0 unspecified atom stereocenters. The molecule has 2 amide bonds. The summed E-state index contributed by atoms with van der Waals surface area (Å²) in [7, 11) is 0. The number of carbonyl (C=O) groups is 1. The summed E-state index contributed by atoms with van der Waals surface area (Å²) in [6, 6.07) is -0.694. The molecule has 80 valence electrons. The summed E-state index contributed by atoms with van der Waals surface area (Å²) in [6.07, 6.45) is 8.75. The van der Waals surface area contributed by atoms with Gasteiger partial charge in [-0.1, -0.05) is 0 Å². The van der Waals surface area contributed by atoms with E-state index in [1.54, 1.807) is 0 Å². The van der Waals surface area contributed by atoms with E-state index in [2.05, 4.69) is 19.9 Å². The highest BCUT2D eigenvalue weighted by atomic mass is 16.2. The highest BCUT2D eigenvalue weighted by Gasteiger charge is 2.17. The SMILES string of the molecule is NC(=O)N(c1cnccn1)c1cnccn1. The molecule has 0 aliphatic heterocycles. The maximum absolute atomic E-state index is 11.3. The van der Waals surface area contributed by atoms with Crippen LogP contribution >= 0.6 is 0 Å². The summed E-state index contributed by atoms with van der Waals surface area (Å²) >= 11 is 0. The number of nitrogens with zero attached hydrogens (tertiary/aromatic N) is 5. The van der Waals surface area contributed by atoms with Crippen LogP contribution in [0.3, 0.4) is 0 Å². The maximum Gasteiger partial charge on any atom is 0.326 e. The summed E-state index contributed by atoms with van der Waals surface area (Å²) in [4.78, 5) is 28.1. The molecular weight excluding hydrogens is 208 g/mol. The predicted molar refractivity (Wildman–Crippen MR) is 55.8 cm³/mol. The first-order valence-electron chi connectivity index (χ1n) is 4.40. The monoisotopic (exact) mass is 216 g/mol. The number of primary amides is 1. The third-order valence-corrected chi connectivity index (χ3v) is 1.78. The van der Waals surface area contributed by atoms with E-state index in [0.717, 1.165) is 4.90 Å². The van der Waals surface area contributed by atoms with E-state index in [1.165, 1.54) is 37.2 Å². The number of rotatable bonds is 2. The van der Waals surface area contributed by atoms with Crippen molar-refractivity contribution in [2.75, 3.05) is 4.90 Å². The van der Waals surface area contributed by atoms with Gasteiger partial charge < -0.3 is 5.73 Å². The first-order chi connectivity index (χ1) is 7.79. The van der Waals surface area contributed by atoms with Gasteiger partial charge in [0.1, 0.15) is 0 Å². The van der Waals surface area contributed by atoms with E-state index >= 15 is 0 Å². The van der Waals surface area contributed by atoms with E-state index < -0.39 is 6.03 Å². The van der Waals surface area contributed by atoms with Gasteiger partial charge >= 0.3 is 6.03 Å². The lowest BCUT2D eigenvalue weighted by atomic mass is 10.5. The van der Waals surface area contributed by atoms with Gasteiger partial charge in [0.25, 0.3) is 0 Å². The van der Waals surface area contributed by atoms with E-state index in [4.69, 9.17) is 5.73 Å². The Labute approximate surface area is 91.0 Å². The van der Waals surface area contributed by atoms with Crippen molar-refractivity contribution >= 4 is 17.7 Å². The van der Waals surface area contributed by atoms with Gasteiger partial charge in [0.05, 0.1) is 12.4 Å². The van der Waals surface area contributed by atoms with Crippen molar-refractivity contribution in [2.24, 2.45) is 5.73 Å². The summed E-state index contributed by atoms with van der Waals surface area (Å²) < 4.78 is 0. The fraction of sp³-hybridized carbons (Fsp3) is 0. The number of anilines is 2. The zero-order valence-corrected chi connectivity index (χ0v) is 8.19. The molecule has 2 aromatic heterocycles. The van der Waals surface area contributed by atoms with Crippen LogP contribution in [0, 0.1) is 0 Å². The van der Waals surface area contributed by atoms with Crippen LogP contribution in [0.4, 0.5) is 16.4 Å². The Kier molecular flexibility index (Phi) is 2.68. The fourth-order valence-electron chi connectivity index (χ4n) is 1.16. The number of amides is 2. The standard InChI is InChI=1S/C9H8N6O/c10-9(16)15(7-5-11-1-3-13-7)8-6-12-2-4-14-8/h1-6H,(H2,10,16). The topological polar surface area (TPSA) is 97.9 Å². The Balaban J connectivity index is 2.44. The molecule has 0 aromatic carbocycles. The Bertz CT molecular complexity index is 434. The lowest BCUT2D eigenvalue weighted by Gasteiger charge is -2.16. The van der Waals surface area contributed by atoms with Crippen molar-refractivity contribution in [1.82, 2.24) is 19.9 Å². The maximum atomic E-state index is 11.3. The Hall–Kier alpha value is -2.57. The van der Waals surface area contributed by atoms with Crippen molar-refractivity contribution < 1.29 is 4.79 Å². The highest BCUT2D eigenvalue weighted by Crippen LogP contribution is 2.18. The van der Waals surface area contributed by atoms with Gasteiger partial charge in [-0.05, 0) is 0 Å². The number of carbonyl (C=O) groups excluding carboxylic acids is 1. The summed E-state index contributed by atoms with van der Waals surface area (Å²) in [5.41, 5.74) is 5.25. The van der Waals surface area contributed by atoms with Crippen LogP contribution in [0.2, 0.25) is 0 Å². The first-order valence-corrected chi connectivity index (χ1v) is 4.40. The molecule has 0 fully saturated rings. The van der Waals surface area contributed by atoms with Gasteiger partial charge in [0, 0.05) is 24.8 Å². The van der Waals surface area contributed by atoms with Crippen LogP contribution in [0.15, 0.2) is 37.2 Å². The normalized spacial score (nSPS) is 9.75. The number of nitrogens with two attached hydrogens (primary N) is 1. The molecule has 0 radical (unpaired) electrons. The van der Waals surface area contributed by atoms with E-state index in [-0.39, 0.29) is 0 Å². The fourth-order valence-corrected chi connectivity index (χ4v) is 1.16. The molecule has 0 saturated carbocycles. The molecular formula is C9H8N6O. The largest absolute Gasteiger partial charge is 0.351 e. The quantitative estimate of drug-likeness (QED) is 0.787. The lowest BCUT2D eigenvalue weighted by molar-refractivity contribution is 0.256. The Morgan fingerprint density at radius 2 is 1.50 bits per heavy atom.